The summed E-state index contributed by atoms with van der Waals surface area (Å²) >= 11 is 3.63. The van der Waals surface area contributed by atoms with Crippen LogP contribution in [0.15, 0.2) is 12.2 Å². The quantitative estimate of drug-likeness (QED) is 0.345. The molecule has 0 saturated carbocycles. The maximum Gasteiger partial charge on any atom is 0.330 e. The topological polar surface area (TPSA) is 88.1 Å². The van der Waals surface area contributed by atoms with Gasteiger partial charge in [-0.15, -0.1) is 0 Å². The molecular weight excluding hydrogens is 428 g/mol. The Labute approximate surface area is 163 Å². The van der Waals surface area contributed by atoms with Crippen molar-refractivity contribution in [2.45, 2.75) is 56.6 Å². The van der Waals surface area contributed by atoms with E-state index in [1.165, 1.54) is 13.2 Å². The Morgan fingerprint density at radius 2 is 1.96 bits per heavy atom. The van der Waals surface area contributed by atoms with E-state index in [-0.39, 0.29) is 16.7 Å². The lowest BCUT2D eigenvalue weighted by atomic mass is 9.79. The summed E-state index contributed by atoms with van der Waals surface area (Å²) in [6.07, 6.45) is 2.22. The summed E-state index contributed by atoms with van der Waals surface area (Å²) in [5, 5.41) is 0. The number of alkyl halides is 1. The van der Waals surface area contributed by atoms with Gasteiger partial charge in [0.25, 0.3) is 10.1 Å². The van der Waals surface area contributed by atoms with E-state index >= 15 is 0 Å². The van der Waals surface area contributed by atoms with Crippen molar-refractivity contribution in [3.63, 3.8) is 0 Å². The number of methoxy groups -OCH3 is 1. The molecule has 0 aromatic carbocycles. The maximum atomic E-state index is 12.0. The lowest BCUT2D eigenvalue weighted by Crippen LogP contribution is -2.55. The molecule has 9 heteroatoms. The Morgan fingerprint density at radius 3 is 2.46 bits per heavy atom. The van der Waals surface area contributed by atoms with Crippen molar-refractivity contribution >= 4 is 32.0 Å². The molecule has 0 aliphatic carbocycles. The number of hydrogen-bond donors (Lipinski definition) is 0. The standard InChI is InChI=1S/C17H27BrO7S/c1-9-7-8-12(19)23-13(9)10(2)15(25-26(6,20)21)17(4)14(18)11(3)16(22-5)24-17/h7-11,13-16H,1-6H3/t9-,10-,11+,13+,14+,15+,16+,17+/m0/s1. The minimum Gasteiger partial charge on any atom is -0.458 e. The predicted molar refractivity (Wildman–Crippen MR) is 99.2 cm³/mol. The van der Waals surface area contributed by atoms with Crippen LogP contribution in [0.5, 0.6) is 0 Å². The molecule has 1 fully saturated rings. The molecule has 2 aliphatic rings. The number of halogens is 1. The highest BCUT2D eigenvalue weighted by molar-refractivity contribution is 9.09. The Balaban J connectivity index is 2.40. The van der Waals surface area contributed by atoms with Gasteiger partial charge in [0, 0.05) is 30.9 Å². The highest BCUT2D eigenvalue weighted by Crippen LogP contribution is 2.46. The number of esters is 1. The molecule has 0 radical (unpaired) electrons. The lowest BCUT2D eigenvalue weighted by Gasteiger charge is -2.42. The minimum atomic E-state index is -3.78. The van der Waals surface area contributed by atoms with E-state index < -0.39 is 46.1 Å². The fraction of sp³-hybridized carbons (Fsp3) is 0.824. The molecule has 2 aliphatic heterocycles. The average molecular weight is 455 g/mol. The third kappa shape index (κ3) is 4.32. The molecule has 26 heavy (non-hydrogen) atoms. The third-order valence-corrected chi connectivity index (χ3v) is 7.49. The van der Waals surface area contributed by atoms with E-state index in [1.807, 2.05) is 20.8 Å². The van der Waals surface area contributed by atoms with Crippen LogP contribution in [-0.2, 0) is 33.3 Å². The van der Waals surface area contributed by atoms with Gasteiger partial charge in [0.05, 0.1) is 11.1 Å². The van der Waals surface area contributed by atoms with Gasteiger partial charge in [0.2, 0.25) is 0 Å². The van der Waals surface area contributed by atoms with Crippen molar-refractivity contribution in [2.24, 2.45) is 17.8 Å². The number of carbonyl (C=O) groups excluding carboxylic acids is 1. The molecule has 0 bridgehead atoms. The zero-order valence-electron chi connectivity index (χ0n) is 15.8. The first-order valence-corrected chi connectivity index (χ1v) is 11.3. The molecule has 0 aromatic heterocycles. The average Bonchev–Trinajstić information content (AvgIpc) is 2.78. The number of hydrogen-bond acceptors (Lipinski definition) is 7. The molecule has 0 aromatic rings. The van der Waals surface area contributed by atoms with E-state index in [1.54, 1.807) is 13.0 Å². The molecule has 2 rings (SSSR count). The Kier molecular flexibility index (Phi) is 6.60. The molecule has 0 unspecified atom stereocenters. The summed E-state index contributed by atoms with van der Waals surface area (Å²) in [6.45, 7) is 7.46. The second kappa shape index (κ2) is 7.87. The van der Waals surface area contributed by atoms with E-state index in [9.17, 15) is 13.2 Å². The molecule has 8 atom stereocenters. The second-order valence-electron chi connectivity index (χ2n) is 7.37. The van der Waals surface area contributed by atoms with Gasteiger partial charge in [-0.2, -0.15) is 8.42 Å². The van der Waals surface area contributed by atoms with E-state index in [0.29, 0.717) is 0 Å². The monoisotopic (exact) mass is 454 g/mol. The van der Waals surface area contributed by atoms with Crippen LogP contribution in [0.4, 0.5) is 0 Å². The van der Waals surface area contributed by atoms with Gasteiger partial charge in [-0.05, 0) is 6.92 Å². The van der Waals surface area contributed by atoms with Gasteiger partial charge >= 0.3 is 5.97 Å². The van der Waals surface area contributed by atoms with Crippen LogP contribution in [0.2, 0.25) is 0 Å². The fourth-order valence-electron chi connectivity index (χ4n) is 3.84. The summed E-state index contributed by atoms with van der Waals surface area (Å²) in [6, 6.07) is 0. The van der Waals surface area contributed by atoms with Crippen molar-refractivity contribution in [3.8, 4) is 0 Å². The Bertz CT molecular complexity index is 664. The lowest BCUT2D eigenvalue weighted by molar-refractivity contribution is -0.198. The molecule has 0 amide bonds. The second-order valence-corrected chi connectivity index (χ2v) is 9.95. The van der Waals surface area contributed by atoms with Gasteiger partial charge in [-0.1, -0.05) is 42.8 Å². The maximum absolute atomic E-state index is 12.0. The third-order valence-electron chi connectivity index (χ3n) is 5.19. The van der Waals surface area contributed by atoms with E-state index in [4.69, 9.17) is 18.4 Å². The molecule has 0 N–H and O–H groups in total. The zero-order chi connectivity index (χ0) is 19.9. The molecule has 150 valence electrons. The van der Waals surface area contributed by atoms with Crippen LogP contribution in [0.25, 0.3) is 0 Å². The first kappa shape index (κ1) is 21.8. The summed E-state index contributed by atoms with van der Waals surface area (Å²) in [4.78, 5) is 11.5. The molecule has 2 heterocycles. The molecular formula is C17H27BrO7S. The van der Waals surface area contributed by atoms with Crippen molar-refractivity contribution in [1.82, 2.24) is 0 Å². The number of cyclic esters (lactones) is 1. The van der Waals surface area contributed by atoms with Crippen LogP contribution in [0, 0.1) is 17.8 Å². The van der Waals surface area contributed by atoms with Crippen molar-refractivity contribution < 1.29 is 31.6 Å². The highest BCUT2D eigenvalue weighted by atomic mass is 79.9. The molecule has 1 saturated heterocycles. The van der Waals surface area contributed by atoms with Gasteiger partial charge in [0.15, 0.2) is 6.29 Å². The summed E-state index contributed by atoms with van der Waals surface area (Å²) in [5.74, 6) is -1.01. The first-order chi connectivity index (χ1) is 11.9. The van der Waals surface area contributed by atoms with Crippen LogP contribution in [0.3, 0.4) is 0 Å². The Morgan fingerprint density at radius 1 is 1.35 bits per heavy atom. The summed E-state index contributed by atoms with van der Waals surface area (Å²) in [7, 11) is -2.24. The highest BCUT2D eigenvalue weighted by Gasteiger charge is 2.58. The van der Waals surface area contributed by atoms with Crippen molar-refractivity contribution in [1.29, 1.82) is 0 Å². The van der Waals surface area contributed by atoms with E-state index in [2.05, 4.69) is 15.9 Å². The minimum absolute atomic E-state index is 0.0333. The number of ether oxygens (including phenoxy) is 3. The van der Waals surface area contributed by atoms with Gasteiger partial charge < -0.3 is 14.2 Å². The van der Waals surface area contributed by atoms with Crippen LogP contribution >= 0.6 is 15.9 Å². The summed E-state index contributed by atoms with van der Waals surface area (Å²) in [5.41, 5.74) is -1.00. The van der Waals surface area contributed by atoms with Crippen molar-refractivity contribution in [3.05, 3.63) is 12.2 Å². The van der Waals surface area contributed by atoms with Gasteiger partial charge in [-0.25, -0.2) is 4.79 Å². The van der Waals surface area contributed by atoms with Crippen molar-refractivity contribution in [2.75, 3.05) is 13.4 Å². The van der Waals surface area contributed by atoms with Crippen LogP contribution in [0.1, 0.15) is 27.7 Å². The number of carbonyl (C=O) groups is 1. The van der Waals surface area contributed by atoms with Crippen LogP contribution < -0.4 is 0 Å². The first-order valence-electron chi connectivity index (χ1n) is 8.52. The molecule has 0 spiro atoms. The van der Waals surface area contributed by atoms with E-state index in [0.717, 1.165) is 6.26 Å². The van der Waals surface area contributed by atoms with Gasteiger partial charge in [-0.3, -0.25) is 4.18 Å². The van der Waals surface area contributed by atoms with Crippen LogP contribution in [-0.4, -0.2) is 56.7 Å². The zero-order valence-corrected chi connectivity index (χ0v) is 18.2. The normalized spacial score (nSPS) is 40.3. The molecule has 7 nitrogen and oxygen atoms in total. The summed E-state index contributed by atoms with van der Waals surface area (Å²) < 4.78 is 46.4. The fourth-order valence-corrected chi connectivity index (χ4v) is 5.20. The Hall–Kier alpha value is -0.480. The largest absolute Gasteiger partial charge is 0.458 e. The number of rotatable bonds is 6. The smallest absolute Gasteiger partial charge is 0.330 e. The SMILES string of the molecule is CO[C@@H]1O[C@@](C)([C@H](OS(C)(=O)=O)[C@@H](C)[C@@H]2OC(=O)C=C[C@@H]2C)[C@H](Br)[C@H]1C. The predicted octanol–water partition coefficient (Wildman–Crippen LogP) is 2.25. The van der Waals surface area contributed by atoms with Gasteiger partial charge in [0.1, 0.15) is 17.8 Å².